The van der Waals surface area contributed by atoms with Crippen LogP contribution in [0.25, 0.3) is 0 Å². The van der Waals surface area contributed by atoms with Crippen LogP contribution in [0.4, 0.5) is 0 Å². The lowest BCUT2D eigenvalue weighted by molar-refractivity contribution is -0.145. The van der Waals surface area contributed by atoms with Gasteiger partial charge in [0.1, 0.15) is 13.4 Å². The molecule has 20 heavy (non-hydrogen) atoms. The molecule has 1 aliphatic heterocycles. The lowest BCUT2D eigenvalue weighted by Crippen LogP contribution is -2.52. The lowest BCUT2D eigenvalue weighted by atomic mass is 9.86. The Balaban J connectivity index is 2.49. The molecule has 5 heteroatoms. The summed E-state index contributed by atoms with van der Waals surface area (Å²) < 4.78 is 0. The minimum absolute atomic E-state index is 0.693. The van der Waals surface area contributed by atoms with E-state index in [1.165, 1.54) is 12.8 Å². The minimum atomic E-state index is -0.738. The van der Waals surface area contributed by atoms with Gasteiger partial charge < -0.3 is 15.3 Å². The van der Waals surface area contributed by atoms with Crippen LogP contribution in [0.5, 0.6) is 0 Å². The van der Waals surface area contributed by atoms with Gasteiger partial charge in [-0.25, -0.2) is 0 Å². The minimum Gasteiger partial charge on any atom is -0.480 e. The predicted molar refractivity (Wildman–Crippen MR) is 86.1 cm³/mol. The van der Waals surface area contributed by atoms with Gasteiger partial charge in [-0.1, -0.05) is 26.1 Å². The molecule has 0 saturated carbocycles. The van der Waals surface area contributed by atoms with Crippen LogP contribution >= 0.6 is 0 Å². The lowest BCUT2D eigenvalue weighted by Gasteiger charge is -2.35. The second-order valence-corrected chi connectivity index (χ2v) is 6.37. The second-order valence-electron chi connectivity index (χ2n) is 6.37. The van der Waals surface area contributed by atoms with Gasteiger partial charge in [0.05, 0.1) is 0 Å². The third kappa shape index (κ3) is 5.10. The van der Waals surface area contributed by atoms with Crippen LogP contribution in [-0.2, 0) is 4.79 Å². The van der Waals surface area contributed by atoms with Gasteiger partial charge in [0.25, 0.3) is 0 Å². The number of carbonyl (C=O) groups is 1. The van der Waals surface area contributed by atoms with Crippen LogP contribution in [0.15, 0.2) is 0 Å². The Morgan fingerprint density at radius 1 is 1.35 bits per heavy atom. The molecular weight excluding hydrogens is 251 g/mol. The van der Waals surface area contributed by atoms with Gasteiger partial charge in [0, 0.05) is 6.54 Å². The molecule has 1 unspecified atom stereocenters. The molecule has 1 aliphatic rings. The molecule has 0 spiro atoms. The Labute approximate surface area is 124 Å². The molecule has 1 rings (SSSR count). The quantitative estimate of drug-likeness (QED) is 0.495. The van der Waals surface area contributed by atoms with E-state index in [0.29, 0.717) is 6.42 Å². The van der Waals surface area contributed by atoms with Gasteiger partial charge in [-0.3, -0.25) is 4.79 Å². The average Bonchev–Trinajstić information content (AvgIpc) is 2.44. The number of piperidine rings is 1. The van der Waals surface area contributed by atoms with Gasteiger partial charge in [0.15, 0.2) is 0 Å². The number of likely N-dealkylation sites (N-methyl/N-ethyl adjacent to an activating group) is 1. The second kappa shape index (κ2) is 8.68. The van der Waals surface area contributed by atoms with Crippen LogP contribution in [-0.4, -0.2) is 56.0 Å². The van der Waals surface area contributed by atoms with Crippen molar-refractivity contribution in [2.75, 3.05) is 26.7 Å². The molecule has 1 fully saturated rings. The molecule has 1 saturated heterocycles. The van der Waals surface area contributed by atoms with Gasteiger partial charge in [0.2, 0.25) is 0 Å². The highest BCUT2D eigenvalue weighted by Gasteiger charge is 2.36. The third-order valence-corrected chi connectivity index (χ3v) is 4.83. The molecule has 0 amide bonds. The maximum absolute atomic E-state index is 11.7. The number of likely N-dealkylation sites (tertiary alicyclic amines) is 1. The summed E-state index contributed by atoms with van der Waals surface area (Å²) in [5, 5.41) is 12.7. The zero-order valence-electron chi connectivity index (χ0n) is 13.5. The summed E-state index contributed by atoms with van der Waals surface area (Å²) in [4.78, 5) is 14.1. The molecule has 116 valence electrons. The smallest absolute Gasteiger partial charge is 0.323 e. The first-order chi connectivity index (χ1) is 9.54. The van der Waals surface area contributed by atoms with Gasteiger partial charge in [-0.2, -0.15) is 0 Å². The van der Waals surface area contributed by atoms with Crippen LogP contribution in [0.1, 0.15) is 45.4 Å². The number of unbranched alkanes of at least 4 members (excludes halogenated alkanes) is 1. The van der Waals surface area contributed by atoms with Gasteiger partial charge >= 0.3 is 5.97 Å². The number of nitrogens with one attached hydrogen (secondary N) is 1. The monoisotopic (exact) mass is 282 g/mol. The van der Waals surface area contributed by atoms with Crippen molar-refractivity contribution in [3.05, 3.63) is 0 Å². The Hall–Kier alpha value is -0.545. The summed E-state index contributed by atoms with van der Waals surface area (Å²) in [6.45, 7) is 5.44. The number of aliphatic carboxylic acids is 1. The molecule has 0 aromatic rings. The summed E-state index contributed by atoms with van der Waals surface area (Å²) in [5.74, 6) is 0.130. The maximum Gasteiger partial charge on any atom is 0.323 e. The highest BCUT2D eigenvalue weighted by molar-refractivity contribution is 6.08. The van der Waals surface area contributed by atoms with Crippen molar-refractivity contribution in [2.45, 2.75) is 57.3 Å². The zero-order chi connectivity index (χ0) is 15.0. The summed E-state index contributed by atoms with van der Waals surface area (Å²) in [6.07, 6.45) is 7.15. The molecule has 0 bridgehead atoms. The molecule has 4 nitrogen and oxygen atoms in total. The summed E-state index contributed by atoms with van der Waals surface area (Å²) in [7, 11) is 3.94. The van der Waals surface area contributed by atoms with Crippen molar-refractivity contribution in [1.82, 2.24) is 10.2 Å². The molecule has 0 aromatic heterocycles. The average molecular weight is 282 g/mol. The van der Waals surface area contributed by atoms with Crippen molar-refractivity contribution in [2.24, 2.45) is 5.92 Å². The molecule has 0 aliphatic carbocycles. The number of rotatable bonds is 9. The standard InChI is InChI=1S/C15H31BN2O2/c1-13-5-10-18(11-6-13)12-8-15(17-2,14(19)20)7-3-4-9-16/h13,17H,3-12,16H2,1-2H3,(H,19,20). The Kier molecular flexibility index (Phi) is 7.60. The third-order valence-electron chi connectivity index (χ3n) is 4.83. The molecule has 2 N–H and O–H groups in total. The number of carboxylic acid groups (broad SMARTS) is 1. The molecule has 0 radical (unpaired) electrons. The van der Waals surface area contributed by atoms with E-state index < -0.39 is 11.5 Å². The summed E-state index contributed by atoms with van der Waals surface area (Å²) >= 11 is 0. The highest BCUT2D eigenvalue weighted by atomic mass is 16.4. The van der Waals surface area contributed by atoms with E-state index in [-0.39, 0.29) is 0 Å². The van der Waals surface area contributed by atoms with Crippen molar-refractivity contribution in [1.29, 1.82) is 0 Å². The fourth-order valence-corrected chi connectivity index (χ4v) is 3.01. The first kappa shape index (κ1) is 17.5. The van der Waals surface area contributed by atoms with E-state index in [2.05, 4.69) is 25.0 Å². The maximum atomic E-state index is 11.7. The fraction of sp³-hybridized carbons (Fsp3) is 0.933. The number of hydrogen-bond acceptors (Lipinski definition) is 3. The topological polar surface area (TPSA) is 52.6 Å². The van der Waals surface area contributed by atoms with Crippen molar-refractivity contribution in [3.8, 4) is 0 Å². The first-order valence-corrected chi connectivity index (χ1v) is 8.18. The van der Waals surface area contributed by atoms with E-state index in [0.717, 1.165) is 51.1 Å². The van der Waals surface area contributed by atoms with E-state index in [4.69, 9.17) is 0 Å². The summed E-state index contributed by atoms with van der Waals surface area (Å²) in [6, 6.07) is 0. The van der Waals surface area contributed by atoms with Crippen molar-refractivity contribution >= 4 is 13.8 Å². The Morgan fingerprint density at radius 2 is 2.00 bits per heavy atom. The van der Waals surface area contributed by atoms with Crippen molar-refractivity contribution < 1.29 is 9.90 Å². The van der Waals surface area contributed by atoms with E-state index in [1.54, 1.807) is 7.05 Å². The zero-order valence-corrected chi connectivity index (χ0v) is 13.5. The molecular formula is C15H31BN2O2. The van der Waals surface area contributed by atoms with Crippen LogP contribution in [0.3, 0.4) is 0 Å². The molecule has 1 atom stereocenters. The Morgan fingerprint density at radius 3 is 2.50 bits per heavy atom. The van der Waals surface area contributed by atoms with E-state index in [1.807, 2.05) is 0 Å². The fourth-order valence-electron chi connectivity index (χ4n) is 3.01. The number of carboxylic acids is 1. The van der Waals surface area contributed by atoms with Crippen LogP contribution in [0.2, 0.25) is 6.32 Å². The first-order valence-electron chi connectivity index (χ1n) is 8.18. The van der Waals surface area contributed by atoms with Gasteiger partial charge in [-0.05, 0) is 51.7 Å². The largest absolute Gasteiger partial charge is 0.480 e. The number of nitrogens with zero attached hydrogens (tertiary/aromatic N) is 1. The van der Waals surface area contributed by atoms with Crippen LogP contribution < -0.4 is 5.32 Å². The highest BCUT2D eigenvalue weighted by Crippen LogP contribution is 2.22. The van der Waals surface area contributed by atoms with Gasteiger partial charge in [-0.15, -0.1) is 0 Å². The predicted octanol–water partition coefficient (Wildman–Crippen LogP) is 1.37. The Bertz CT molecular complexity index is 294. The molecule has 0 aromatic carbocycles. The van der Waals surface area contributed by atoms with Crippen LogP contribution in [0, 0.1) is 5.92 Å². The van der Waals surface area contributed by atoms with Crippen molar-refractivity contribution in [3.63, 3.8) is 0 Å². The van der Waals surface area contributed by atoms with E-state index in [9.17, 15) is 9.90 Å². The SMILES string of the molecule is BCCCCC(CCN1CCC(C)CC1)(NC)C(=O)O. The number of hydrogen-bond donors (Lipinski definition) is 2. The van der Waals surface area contributed by atoms with E-state index >= 15 is 0 Å². The summed E-state index contributed by atoms with van der Waals surface area (Å²) in [5.41, 5.74) is -0.738. The normalized spacial score (nSPS) is 20.7. The molecule has 1 heterocycles.